The largest absolute Gasteiger partial charge is 0.366 e. The number of H-pyrrole nitrogens is 1. The number of hydrogen-bond acceptors (Lipinski definition) is 2. The Kier molecular flexibility index (Phi) is 1.98. The highest BCUT2D eigenvalue weighted by Gasteiger charge is 2.05. The summed E-state index contributed by atoms with van der Waals surface area (Å²) in [5.74, 6) is -0.420. The van der Waals surface area contributed by atoms with E-state index >= 15 is 0 Å². The van der Waals surface area contributed by atoms with Crippen molar-refractivity contribution in [3.8, 4) is 0 Å². The quantitative estimate of drug-likeness (QED) is 0.650. The van der Waals surface area contributed by atoms with Gasteiger partial charge in [-0.15, -0.1) is 0 Å². The molecule has 0 fully saturated rings. The number of fused-ring (bicyclic) bond motifs is 1. The molecule has 0 saturated heterocycles. The first kappa shape index (κ1) is 8.77. The second-order valence-electron chi connectivity index (χ2n) is 3.14. The van der Waals surface area contributed by atoms with E-state index in [1.165, 1.54) is 0 Å². The van der Waals surface area contributed by atoms with E-state index in [1.807, 2.05) is 12.3 Å². The second-order valence-corrected chi connectivity index (χ2v) is 3.14. The average molecular weight is 189 g/mol. The zero-order chi connectivity index (χ0) is 10.1. The highest BCUT2D eigenvalue weighted by Crippen LogP contribution is 2.19. The van der Waals surface area contributed by atoms with Crippen molar-refractivity contribution < 1.29 is 4.79 Å². The smallest absolute Gasteiger partial charge is 0.248 e. The molecule has 1 amide bonds. The molecule has 0 bridgehead atoms. The van der Waals surface area contributed by atoms with Crippen LogP contribution < -0.4 is 11.5 Å². The molecule has 0 atom stereocenters. The number of aromatic amines is 1. The van der Waals surface area contributed by atoms with Crippen LogP contribution in [0.15, 0.2) is 24.4 Å². The summed E-state index contributed by atoms with van der Waals surface area (Å²) in [6, 6.07) is 5.28. The first-order chi connectivity index (χ1) is 6.72. The van der Waals surface area contributed by atoms with Crippen molar-refractivity contribution in [2.75, 3.05) is 0 Å². The summed E-state index contributed by atoms with van der Waals surface area (Å²) < 4.78 is 0. The molecule has 14 heavy (non-hydrogen) atoms. The van der Waals surface area contributed by atoms with Crippen LogP contribution in [0.1, 0.15) is 15.9 Å². The number of rotatable bonds is 2. The Morgan fingerprint density at radius 2 is 2.21 bits per heavy atom. The molecule has 2 rings (SSSR count). The molecule has 1 aromatic carbocycles. The van der Waals surface area contributed by atoms with Crippen molar-refractivity contribution in [2.45, 2.75) is 6.54 Å². The Hall–Kier alpha value is -1.81. The lowest BCUT2D eigenvalue weighted by Crippen LogP contribution is -2.10. The summed E-state index contributed by atoms with van der Waals surface area (Å²) in [7, 11) is 0. The van der Waals surface area contributed by atoms with Crippen molar-refractivity contribution in [3.05, 3.63) is 35.5 Å². The zero-order valence-corrected chi connectivity index (χ0v) is 7.58. The number of primary amides is 1. The second kappa shape index (κ2) is 3.16. The van der Waals surface area contributed by atoms with Gasteiger partial charge in [0, 0.05) is 29.2 Å². The summed E-state index contributed by atoms with van der Waals surface area (Å²) in [6.45, 7) is 0.447. The van der Waals surface area contributed by atoms with Crippen molar-refractivity contribution in [1.29, 1.82) is 0 Å². The van der Waals surface area contributed by atoms with E-state index in [4.69, 9.17) is 11.5 Å². The van der Waals surface area contributed by atoms with E-state index in [0.29, 0.717) is 12.1 Å². The van der Waals surface area contributed by atoms with Crippen molar-refractivity contribution >= 4 is 16.8 Å². The van der Waals surface area contributed by atoms with Gasteiger partial charge in [0.1, 0.15) is 0 Å². The molecule has 4 nitrogen and oxygen atoms in total. The maximum atomic E-state index is 10.9. The van der Waals surface area contributed by atoms with E-state index < -0.39 is 5.91 Å². The molecule has 0 aliphatic carbocycles. The van der Waals surface area contributed by atoms with Gasteiger partial charge in [0.05, 0.1) is 0 Å². The number of carbonyl (C=O) groups is 1. The molecule has 5 N–H and O–H groups in total. The Balaban J connectivity index is 2.67. The molecule has 0 radical (unpaired) electrons. The van der Waals surface area contributed by atoms with Gasteiger partial charge in [-0.1, -0.05) is 0 Å². The van der Waals surface area contributed by atoms with Gasteiger partial charge in [0.2, 0.25) is 5.91 Å². The topological polar surface area (TPSA) is 84.9 Å². The first-order valence-corrected chi connectivity index (χ1v) is 4.32. The van der Waals surface area contributed by atoms with Gasteiger partial charge in [0.15, 0.2) is 0 Å². The Labute approximate surface area is 80.9 Å². The SMILES string of the molecule is NCc1c[nH]c2ccc(C(N)=O)cc12. The Morgan fingerprint density at radius 3 is 2.86 bits per heavy atom. The number of aromatic nitrogens is 1. The fourth-order valence-corrected chi connectivity index (χ4v) is 1.50. The monoisotopic (exact) mass is 189 g/mol. The molecule has 1 heterocycles. The van der Waals surface area contributed by atoms with Crippen molar-refractivity contribution in [1.82, 2.24) is 4.98 Å². The standard InChI is InChI=1S/C10H11N3O/c11-4-7-5-13-9-2-1-6(10(12)14)3-8(7)9/h1-3,5,13H,4,11H2,(H2,12,14). The van der Waals surface area contributed by atoms with E-state index in [9.17, 15) is 4.79 Å². The average Bonchev–Trinajstić information content (AvgIpc) is 2.59. The summed E-state index contributed by atoms with van der Waals surface area (Å²) in [6.07, 6.45) is 1.84. The van der Waals surface area contributed by atoms with E-state index in [-0.39, 0.29) is 0 Å². The van der Waals surface area contributed by atoms with E-state index in [0.717, 1.165) is 16.5 Å². The van der Waals surface area contributed by atoms with Crippen LogP contribution in [0.2, 0.25) is 0 Å². The van der Waals surface area contributed by atoms with E-state index in [2.05, 4.69) is 4.98 Å². The third-order valence-corrected chi connectivity index (χ3v) is 2.27. The number of nitrogens with two attached hydrogens (primary N) is 2. The normalized spacial score (nSPS) is 10.6. The van der Waals surface area contributed by atoms with Gasteiger partial charge in [-0.3, -0.25) is 4.79 Å². The molecular weight excluding hydrogens is 178 g/mol. The molecule has 0 aliphatic heterocycles. The van der Waals surface area contributed by atoms with Crippen LogP contribution in [0.5, 0.6) is 0 Å². The van der Waals surface area contributed by atoms with Gasteiger partial charge in [-0.05, 0) is 23.8 Å². The summed E-state index contributed by atoms with van der Waals surface area (Å²) in [5.41, 5.74) is 13.2. The highest BCUT2D eigenvalue weighted by molar-refractivity contribution is 5.97. The van der Waals surface area contributed by atoms with Gasteiger partial charge >= 0.3 is 0 Å². The highest BCUT2D eigenvalue weighted by atomic mass is 16.1. The molecule has 4 heteroatoms. The molecular formula is C10H11N3O. The Bertz CT molecular complexity index is 487. The minimum Gasteiger partial charge on any atom is -0.366 e. The van der Waals surface area contributed by atoms with Gasteiger partial charge < -0.3 is 16.5 Å². The first-order valence-electron chi connectivity index (χ1n) is 4.32. The molecule has 0 spiro atoms. The lowest BCUT2D eigenvalue weighted by atomic mass is 10.1. The number of benzene rings is 1. The van der Waals surface area contributed by atoms with E-state index in [1.54, 1.807) is 12.1 Å². The predicted molar refractivity (Wildman–Crippen MR) is 54.7 cm³/mol. The van der Waals surface area contributed by atoms with Gasteiger partial charge in [-0.25, -0.2) is 0 Å². The third kappa shape index (κ3) is 1.25. The molecule has 0 aliphatic rings. The van der Waals surface area contributed by atoms with Crippen LogP contribution in [0.25, 0.3) is 10.9 Å². The predicted octanol–water partition coefficient (Wildman–Crippen LogP) is 0.726. The van der Waals surface area contributed by atoms with Gasteiger partial charge in [0.25, 0.3) is 0 Å². The van der Waals surface area contributed by atoms with Crippen molar-refractivity contribution in [2.24, 2.45) is 11.5 Å². The number of carbonyl (C=O) groups excluding carboxylic acids is 1. The lowest BCUT2D eigenvalue weighted by Gasteiger charge is -1.97. The van der Waals surface area contributed by atoms with Crippen LogP contribution >= 0.6 is 0 Å². The zero-order valence-electron chi connectivity index (χ0n) is 7.58. The molecule has 1 aromatic heterocycles. The van der Waals surface area contributed by atoms with Gasteiger partial charge in [-0.2, -0.15) is 0 Å². The minimum atomic E-state index is -0.420. The van der Waals surface area contributed by atoms with Crippen LogP contribution in [0, 0.1) is 0 Å². The fourth-order valence-electron chi connectivity index (χ4n) is 1.50. The summed E-state index contributed by atoms with van der Waals surface area (Å²) in [4.78, 5) is 14.0. The fraction of sp³-hybridized carbons (Fsp3) is 0.100. The molecule has 0 saturated carbocycles. The number of nitrogens with one attached hydrogen (secondary N) is 1. The van der Waals surface area contributed by atoms with Crippen LogP contribution in [-0.2, 0) is 6.54 Å². The minimum absolute atomic E-state index is 0.420. The van der Waals surface area contributed by atoms with Crippen LogP contribution in [-0.4, -0.2) is 10.9 Å². The number of amides is 1. The summed E-state index contributed by atoms with van der Waals surface area (Å²) in [5, 5.41) is 0.962. The van der Waals surface area contributed by atoms with Crippen molar-refractivity contribution in [3.63, 3.8) is 0 Å². The van der Waals surface area contributed by atoms with Crippen LogP contribution in [0.4, 0.5) is 0 Å². The van der Waals surface area contributed by atoms with Crippen LogP contribution in [0.3, 0.4) is 0 Å². The maximum absolute atomic E-state index is 10.9. The Morgan fingerprint density at radius 1 is 1.43 bits per heavy atom. The molecule has 72 valence electrons. The lowest BCUT2D eigenvalue weighted by molar-refractivity contribution is 0.100. The number of hydrogen-bond donors (Lipinski definition) is 3. The molecule has 2 aromatic rings. The third-order valence-electron chi connectivity index (χ3n) is 2.27. The maximum Gasteiger partial charge on any atom is 0.248 e. The molecule has 0 unspecified atom stereocenters. The summed E-state index contributed by atoms with van der Waals surface area (Å²) >= 11 is 0.